The van der Waals surface area contributed by atoms with Gasteiger partial charge in [0.1, 0.15) is 0 Å². The van der Waals surface area contributed by atoms with Crippen molar-refractivity contribution in [3.63, 3.8) is 0 Å². The van der Waals surface area contributed by atoms with Gasteiger partial charge in [0.2, 0.25) is 11.7 Å². The lowest BCUT2D eigenvalue weighted by Crippen LogP contribution is -2.00. The van der Waals surface area contributed by atoms with E-state index in [0.717, 1.165) is 24.2 Å². The van der Waals surface area contributed by atoms with Gasteiger partial charge in [0.15, 0.2) is 0 Å². The topological polar surface area (TPSA) is 64.9 Å². The highest BCUT2D eigenvalue weighted by Gasteiger charge is 2.07. The van der Waals surface area contributed by atoms with Gasteiger partial charge in [0, 0.05) is 16.9 Å². The van der Waals surface area contributed by atoms with Gasteiger partial charge in [0.05, 0.1) is 0 Å². The molecule has 0 aliphatic carbocycles. The van der Waals surface area contributed by atoms with Crippen LogP contribution in [0.3, 0.4) is 0 Å². The summed E-state index contributed by atoms with van der Waals surface area (Å²) in [4.78, 5) is 5.61. The van der Waals surface area contributed by atoms with Gasteiger partial charge in [-0.15, -0.1) is 11.8 Å². The summed E-state index contributed by atoms with van der Waals surface area (Å²) < 4.78 is 5.18. The van der Waals surface area contributed by atoms with Crippen molar-refractivity contribution in [2.75, 3.05) is 12.3 Å². The molecule has 2 aromatic rings. The minimum absolute atomic E-state index is 0.640. The SMILES string of the molecule is CCSc1ccc(-c2noc(CCCN)n2)cc1. The first kappa shape index (κ1) is 13.1. The second kappa shape index (κ2) is 6.56. The summed E-state index contributed by atoms with van der Waals surface area (Å²) in [6.45, 7) is 2.78. The maximum absolute atomic E-state index is 5.45. The van der Waals surface area contributed by atoms with E-state index in [0.29, 0.717) is 18.3 Å². The van der Waals surface area contributed by atoms with Crippen LogP contribution in [-0.2, 0) is 6.42 Å². The van der Waals surface area contributed by atoms with Crippen LogP contribution < -0.4 is 5.73 Å². The Labute approximate surface area is 111 Å². The van der Waals surface area contributed by atoms with Gasteiger partial charge >= 0.3 is 0 Å². The van der Waals surface area contributed by atoms with Crippen LogP contribution in [0, 0.1) is 0 Å². The Bertz CT molecular complexity index is 481. The largest absolute Gasteiger partial charge is 0.339 e. The molecule has 0 unspecified atom stereocenters. The molecule has 0 spiro atoms. The highest BCUT2D eigenvalue weighted by atomic mass is 32.2. The Morgan fingerprint density at radius 1 is 1.28 bits per heavy atom. The van der Waals surface area contributed by atoms with Gasteiger partial charge < -0.3 is 10.3 Å². The molecule has 0 amide bonds. The lowest BCUT2D eigenvalue weighted by molar-refractivity contribution is 0.376. The van der Waals surface area contributed by atoms with E-state index in [2.05, 4.69) is 29.2 Å². The number of hydrogen-bond donors (Lipinski definition) is 1. The van der Waals surface area contributed by atoms with Crippen molar-refractivity contribution in [2.24, 2.45) is 5.73 Å². The van der Waals surface area contributed by atoms with E-state index in [1.165, 1.54) is 4.90 Å². The molecule has 0 fully saturated rings. The van der Waals surface area contributed by atoms with Crippen molar-refractivity contribution >= 4 is 11.8 Å². The summed E-state index contributed by atoms with van der Waals surface area (Å²) in [5.74, 6) is 2.38. The second-order valence-electron chi connectivity index (χ2n) is 3.86. The third kappa shape index (κ3) is 3.34. The number of nitrogens with two attached hydrogens (primary N) is 1. The van der Waals surface area contributed by atoms with Crippen LogP contribution >= 0.6 is 11.8 Å². The van der Waals surface area contributed by atoms with Crippen LogP contribution in [0.15, 0.2) is 33.7 Å². The average Bonchev–Trinajstić information content (AvgIpc) is 2.86. The smallest absolute Gasteiger partial charge is 0.227 e. The van der Waals surface area contributed by atoms with E-state index in [4.69, 9.17) is 10.3 Å². The molecule has 0 bridgehead atoms. The van der Waals surface area contributed by atoms with Gasteiger partial charge in [-0.25, -0.2) is 0 Å². The molecule has 0 saturated heterocycles. The monoisotopic (exact) mass is 263 g/mol. The Balaban J connectivity index is 2.08. The summed E-state index contributed by atoms with van der Waals surface area (Å²) in [5.41, 5.74) is 6.43. The van der Waals surface area contributed by atoms with E-state index < -0.39 is 0 Å². The van der Waals surface area contributed by atoms with Crippen LogP contribution in [0.4, 0.5) is 0 Å². The Morgan fingerprint density at radius 2 is 2.06 bits per heavy atom. The van der Waals surface area contributed by atoms with Crippen molar-refractivity contribution in [3.8, 4) is 11.4 Å². The van der Waals surface area contributed by atoms with E-state index in [1.54, 1.807) is 0 Å². The molecule has 18 heavy (non-hydrogen) atoms. The summed E-state index contributed by atoms with van der Waals surface area (Å²) in [5, 5.41) is 3.98. The number of aromatic nitrogens is 2. The average molecular weight is 263 g/mol. The fourth-order valence-corrected chi connectivity index (χ4v) is 2.26. The number of benzene rings is 1. The fraction of sp³-hybridized carbons (Fsp3) is 0.385. The van der Waals surface area contributed by atoms with Crippen molar-refractivity contribution in [1.29, 1.82) is 0 Å². The first-order chi connectivity index (χ1) is 8.83. The van der Waals surface area contributed by atoms with Gasteiger partial charge in [-0.3, -0.25) is 0 Å². The van der Waals surface area contributed by atoms with Crippen molar-refractivity contribution in [2.45, 2.75) is 24.7 Å². The molecule has 0 atom stereocenters. The third-order valence-corrected chi connectivity index (χ3v) is 3.38. The zero-order valence-corrected chi connectivity index (χ0v) is 11.2. The third-order valence-electron chi connectivity index (χ3n) is 2.49. The first-order valence-electron chi connectivity index (χ1n) is 6.09. The molecular weight excluding hydrogens is 246 g/mol. The molecule has 4 nitrogen and oxygen atoms in total. The molecule has 0 aliphatic rings. The highest BCUT2D eigenvalue weighted by Crippen LogP contribution is 2.22. The van der Waals surface area contributed by atoms with Gasteiger partial charge in [0.25, 0.3) is 0 Å². The van der Waals surface area contributed by atoms with Gasteiger partial charge in [-0.1, -0.05) is 12.1 Å². The molecule has 96 valence electrons. The Hall–Kier alpha value is -1.33. The predicted octanol–water partition coefficient (Wildman–Crippen LogP) is 2.74. The molecule has 1 aromatic carbocycles. The Morgan fingerprint density at radius 3 is 2.72 bits per heavy atom. The van der Waals surface area contributed by atoms with Crippen molar-refractivity contribution in [1.82, 2.24) is 10.1 Å². The lowest BCUT2D eigenvalue weighted by Gasteiger charge is -1.98. The minimum Gasteiger partial charge on any atom is -0.339 e. The van der Waals surface area contributed by atoms with Crippen LogP contribution in [-0.4, -0.2) is 22.4 Å². The molecule has 1 heterocycles. The fourth-order valence-electron chi connectivity index (χ4n) is 1.59. The summed E-state index contributed by atoms with van der Waals surface area (Å²) in [7, 11) is 0. The zero-order valence-electron chi connectivity index (χ0n) is 10.4. The second-order valence-corrected chi connectivity index (χ2v) is 5.20. The summed E-state index contributed by atoms with van der Waals surface area (Å²) in [6, 6.07) is 8.21. The molecule has 1 aromatic heterocycles. The molecule has 0 saturated carbocycles. The quantitative estimate of drug-likeness (QED) is 0.812. The number of aryl methyl sites for hydroxylation is 1. The van der Waals surface area contributed by atoms with E-state index in [9.17, 15) is 0 Å². The maximum Gasteiger partial charge on any atom is 0.227 e. The number of rotatable bonds is 6. The van der Waals surface area contributed by atoms with Crippen LogP contribution in [0.1, 0.15) is 19.2 Å². The summed E-state index contributed by atoms with van der Waals surface area (Å²) >= 11 is 1.82. The lowest BCUT2D eigenvalue weighted by atomic mass is 10.2. The molecular formula is C13H17N3OS. The molecule has 0 radical (unpaired) electrons. The minimum atomic E-state index is 0.640. The zero-order chi connectivity index (χ0) is 12.8. The van der Waals surface area contributed by atoms with Crippen LogP contribution in [0.2, 0.25) is 0 Å². The number of hydrogen-bond acceptors (Lipinski definition) is 5. The van der Waals surface area contributed by atoms with Gasteiger partial charge in [-0.2, -0.15) is 4.98 Å². The standard InChI is InChI=1S/C13H17N3OS/c1-2-18-11-7-5-10(6-8-11)13-15-12(17-16-13)4-3-9-14/h5-8H,2-4,9,14H2,1H3. The number of thioether (sulfide) groups is 1. The van der Waals surface area contributed by atoms with Crippen molar-refractivity contribution in [3.05, 3.63) is 30.2 Å². The van der Waals surface area contributed by atoms with Gasteiger partial charge in [-0.05, 0) is 43.0 Å². The summed E-state index contributed by atoms with van der Waals surface area (Å²) in [6.07, 6.45) is 1.61. The predicted molar refractivity (Wildman–Crippen MR) is 73.5 cm³/mol. The van der Waals surface area contributed by atoms with Crippen molar-refractivity contribution < 1.29 is 4.52 Å². The van der Waals surface area contributed by atoms with E-state index in [-0.39, 0.29) is 0 Å². The molecule has 0 aliphatic heterocycles. The molecule has 5 heteroatoms. The van der Waals surface area contributed by atoms with E-state index in [1.807, 2.05) is 23.9 Å². The highest BCUT2D eigenvalue weighted by molar-refractivity contribution is 7.99. The Kier molecular flexibility index (Phi) is 4.78. The molecule has 2 rings (SSSR count). The number of nitrogens with zero attached hydrogens (tertiary/aromatic N) is 2. The first-order valence-corrected chi connectivity index (χ1v) is 7.08. The van der Waals surface area contributed by atoms with Crippen LogP contribution in [0.5, 0.6) is 0 Å². The normalized spacial score (nSPS) is 10.8. The van der Waals surface area contributed by atoms with Crippen LogP contribution in [0.25, 0.3) is 11.4 Å². The molecule has 2 N–H and O–H groups in total. The maximum atomic E-state index is 5.45. The van der Waals surface area contributed by atoms with E-state index >= 15 is 0 Å².